The lowest BCUT2D eigenvalue weighted by molar-refractivity contribution is 0.182. The molecule has 3 N–H and O–H groups in total. The van der Waals surface area contributed by atoms with Crippen LogP contribution in [0.25, 0.3) is 11.0 Å². The molecule has 0 aliphatic rings. The molecule has 0 fully saturated rings. The second-order valence-corrected chi connectivity index (χ2v) is 4.92. The van der Waals surface area contributed by atoms with Crippen molar-refractivity contribution < 1.29 is 9.50 Å². The molecule has 5 nitrogen and oxygen atoms in total. The topological polar surface area (TPSA) is 67.3 Å². The molecule has 0 saturated carbocycles. The van der Waals surface area contributed by atoms with E-state index in [9.17, 15) is 4.39 Å². The summed E-state index contributed by atoms with van der Waals surface area (Å²) in [4.78, 5) is 6.54. The Labute approximate surface area is 117 Å². The van der Waals surface area contributed by atoms with E-state index in [4.69, 9.17) is 10.8 Å². The average molecular weight is 280 g/mol. The molecule has 2 aromatic rings. The number of rotatable bonds is 6. The molecule has 6 heteroatoms. The third kappa shape index (κ3) is 2.82. The smallest absolute Gasteiger partial charge is 0.127 e. The summed E-state index contributed by atoms with van der Waals surface area (Å²) in [7, 11) is 1.92. The minimum Gasteiger partial charge on any atom is -0.395 e. The Morgan fingerprint density at radius 3 is 2.90 bits per heavy atom. The van der Waals surface area contributed by atoms with Crippen molar-refractivity contribution in [3.8, 4) is 0 Å². The van der Waals surface area contributed by atoms with Gasteiger partial charge in [0.1, 0.15) is 11.6 Å². The van der Waals surface area contributed by atoms with Crippen molar-refractivity contribution in [2.75, 3.05) is 26.7 Å². The fraction of sp³-hybridized carbons (Fsp3) is 0.500. The van der Waals surface area contributed by atoms with Gasteiger partial charge in [0, 0.05) is 25.7 Å². The molecule has 110 valence electrons. The molecule has 0 aliphatic heterocycles. The Kier molecular flexibility index (Phi) is 4.69. The van der Waals surface area contributed by atoms with Crippen LogP contribution in [0.2, 0.25) is 0 Å². The average Bonchev–Trinajstić information content (AvgIpc) is 2.76. The van der Waals surface area contributed by atoms with Crippen LogP contribution in [0, 0.1) is 5.82 Å². The predicted octanol–water partition coefficient (Wildman–Crippen LogP) is 1.12. The van der Waals surface area contributed by atoms with Crippen molar-refractivity contribution in [3.63, 3.8) is 0 Å². The predicted molar refractivity (Wildman–Crippen MR) is 76.9 cm³/mol. The summed E-state index contributed by atoms with van der Waals surface area (Å²) in [6, 6.07) is 4.62. The van der Waals surface area contributed by atoms with Gasteiger partial charge < -0.3 is 15.4 Å². The van der Waals surface area contributed by atoms with Gasteiger partial charge in [-0.3, -0.25) is 4.90 Å². The lowest BCUT2D eigenvalue weighted by Crippen LogP contribution is -2.28. The summed E-state index contributed by atoms with van der Waals surface area (Å²) in [5, 5.41) is 9.04. The second-order valence-electron chi connectivity index (χ2n) is 4.92. The Bertz CT molecular complexity index is 584. The number of hydrogen-bond donors (Lipinski definition) is 2. The molecule has 1 heterocycles. The quantitative estimate of drug-likeness (QED) is 0.832. The molecule has 1 unspecified atom stereocenters. The molecule has 0 aliphatic carbocycles. The van der Waals surface area contributed by atoms with Gasteiger partial charge in [0.05, 0.1) is 23.7 Å². The van der Waals surface area contributed by atoms with Crippen LogP contribution in [0.15, 0.2) is 18.2 Å². The van der Waals surface area contributed by atoms with Gasteiger partial charge in [-0.25, -0.2) is 9.37 Å². The summed E-state index contributed by atoms with van der Waals surface area (Å²) >= 11 is 0. The Balaban J connectivity index is 2.47. The van der Waals surface area contributed by atoms with Crippen molar-refractivity contribution in [1.82, 2.24) is 14.5 Å². The van der Waals surface area contributed by atoms with Crippen molar-refractivity contribution >= 4 is 11.0 Å². The summed E-state index contributed by atoms with van der Waals surface area (Å²) in [5.74, 6) is 0.546. The SMILES string of the molecule is CC(c1nc2cc(F)ccc2n1CCN)N(C)CCO. The van der Waals surface area contributed by atoms with Gasteiger partial charge in [-0.2, -0.15) is 0 Å². The standard InChI is InChI=1S/C14H21FN4O/c1-10(18(2)7-8-20)14-17-12-9-11(15)3-4-13(12)19(14)6-5-16/h3-4,9-10,20H,5-8,16H2,1-2H3. The van der Waals surface area contributed by atoms with E-state index in [1.807, 2.05) is 23.4 Å². The fourth-order valence-corrected chi connectivity index (χ4v) is 2.35. The number of hydrogen-bond acceptors (Lipinski definition) is 4. The highest BCUT2D eigenvalue weighted by Crippen LogP contribution is 2.24. The van der Waals surface area contributed by atoms with Crippen molar-refractivity contribution in [2.45, 2.75) is 19.5 Å². The zero-order chi connectivity index (χ0) is 14.7. The van der Waals surface area contributed by atoms with Crippen LogP contribution in [0.4, 0.5) is 4.39 Å². The largest absolute Gasteiger partial charge is 0.395 e. The van der Waals surface area contributed by atoms with Crippen molar-refractivity contribution in [1.29, 1.82) is 0 Å². The van der Waals surface area contributed by atoms with E-state index < -0.39 is 0 Å². The third-order valence-corrected chi connectivity index (χ3v) is 3.58. The van der Waals surface area contributed by atoms with Crippen LogP contribution in [0.1, 0.15) is 18.8 Å². The minimum absolute atomic E-state index is 0.0177. The first-order chi connectivity index (χ1) is 9.58. The molecular formula is C14H21FN4O. The summed E-state index contributed by atoms with van der Waals surface area (Å²) in [6.45, 7) is 3.79. The molecule has 0 amide bonds. The van der Waals surface area contributed by atoms with Gasteiger partial charge >= 0.3 is 0 Å². The van der Waals surface area contributed by atoms with Crippen LogP contribution in [-0.2, 0) is 6.54 Å². The number of imidazole rings is 1. The molecule has 20 heavy (non-hydrogen) atoms. The number of nitrogens with two attached hydrogens (primary N) is 1. The van der Waals surface area contributed by atoms with Crippen LogP contribution in [0.3, 0.4) is 0 Å². The van der Waals surface area contributed by atoms with Gasteiger partial charge in [0.25, 0.3) is 0 Å². The van der Waals surface area contributed by atoms with Gasteiger partial charge in [-0.05, 0) is 26.1 Å². The van der Waals surface area contributed by atoms with Crippen LogP contribution in [0.5, 0.6) is 0 Å². The summed E-state index contributed by atoms with van der Waals surface area (Å²) < 4.78 is 15.3. The van der Waals surface area contributed by atoms with Crippen molar-refractivity contribution in [2.24, 2.45) is 5.73 Å². The molecule has 2 rings (SSSR count). The summed E-state index contributed by atoms with van der Waals surface area (Å²) in [5.41, 5.74) is 7.19. The normalized spacial score (nSPS) is 13.3. The fourth-order valence-electron chi connectivity index (χ4n) is 2.35. The Hall–Kier alpha value is -1.50. The number of nitrogens with zero attached hydrogens (tertiary/aromatic N) is 3. The van der Waals surface area contributed by atoms with Crippen LogP contribution < -0.4 is 5.73 Å². The van der Waals surface area contributed by atoms with Gasteiger partial charge in [0.15, 0.2) is 0 Å². The van der Waals surface area contributed by atoms with E-state index >= 15 is 0 Å². The molecule has 1 aromatic heterocycles. The zero-order valence-electron chi connectivity index (χ0n) is 11.9. The number of aliphatic hydroxyl groups excluding tert-OH is 1. The maximum absolute atomic E-state index is 13.3. The molecule has 1 atom stereocenters. The van der Waals surface area contributed by atoms with Crippen LogP contribution >= 0.6 is 0 Å². The van der Waals surface area contributed by atoms with Crippen LogP contribution in [-0.4, -0.2) is 46.3 Å². The molecule has 0 bridgehead atoms. The Morgan fingerprint density at radius 1 is 1.50 bits per heavy atom. The third-order valence-electron chi connectivity index (χ3n) is 3.58. The number of aliphatic hydroxyl groups is 1. The van der Waals surface area contributed by atoms with E-state index in [-0.39, 0.29) is 18.5 Å². The number of likely N-dealkylation sites (N-methyl/N-ethyl adjacent to an activating group) is 1. The first kappa shape index (κ1) is 14.9. The number of halogens is 1. The first-order valence-corrected chi connectivity index (χ1v) is 6.75. The number of aromatic nitrogens is 2. The Morgan fingerprint density at radius 2 is 2.25 bits per heavy atom. The number of fused-ring (bicyclic) bond motifs is 1. The molecule has 0 radical (unpaired) electrons. The second kappa shape index (κ2) is 6.30. The highest BCUT2D eigenvalue weighted by molar-refractivity contribution is 5.76. The first-order valence-electron chi connectivity index (χ1n) is 6.75. The highest BCUT2D eigenvalue weighted by Gasteiger charge is 2.19. The highest BCUT2D eigenvalue weighted by atomic mass is 19.1. The maximum Gasteiger partial charge on any atom is 0.127 e. The van der Waals surface area contributed by atoms with Gasteiger partial charge in [0.2, 0.25) is 0 Å². The van der Waals surface area contributed by atoms with E-state index in [2.05, 4.69) is 4.98 Å². The summed E-state index contributed by atoms with van der Waals surface area (Å²) in [6.07, 6.45) is 0. The van der Waals surface area contributed by atoms with Gasteiger partial charge in [-0.1, -0.05) is 0 Å². The number of benzene rings is 1. The maximum atomic E-state index is 13.3. The minimum atomic E-state index is -0.294. The lowest BCUT2D eigenvalue weighted by atomic mass is 10.2. The molecular weight excluding hydrogens is 259 g/mol. The van der Waals surface area contributed by atoms with E-state index in [0.29, 0.717) is 25.2 Å². The van der Waals surface area contributed by atoms with E-state index in [0.717, 1.165) is 11.3 Å². The van der Waals surface area contributed by atoms with Crippen molar-refractivity contribution in [3.05, 3.63) is 29.8 Å². The lowest BCUT2D eigenvalue weighted by Gasteiger charge is -2.24. The van der Waals surface area contributed by atoms with E-state index in [1.54, 1.807) is 6.07 Å². The van der Waals surface area contributed by atoms with E-state index in [1.165, 1.54) is 12.1 Å². The zero-order valence-corrected chi connectivity index (χ0v) is 11.9. The monoisotopic (exact) mass is 280 g/mol. The molecule has 0 spiro atoms. The van der Waals surface area contributed by atoms with Gasteiger partial charge in [-0.15, -0.1) is 0 Å². The molecule has 1 aromatic carbocycles. The molecule has 0 saturated heterocycles.